The van der Waals surface area contributed by atoms with E-state index < -0.39 is 17.7 Å². The molecule has 0 aliphatic rings. The molecule has 17 heavy (non-hydrogen) atoms. The molecule has 2 rings (SSSR count). The number of nitrogens with zero attached hydrogens (tertiary/aromatic N) is 1. The lowest BCUT2D eigenvalue weighted by Crippen LogP contribution is -2.05. The van der Waals surface area contributed by atoms with Crippen molar-refractivity contribution in [3.8, 4) is 0 Å². The highest BCUT2D eigenvalue weighted by Gasteiger charge is 2.17. The number of hydrogen-bond donors (Lipinski definition) is 1. The summed E-state index contributed by atoms with van der Waals surface area (Å²) in [5.41, 5.74) is 1.15. The quantitative estimate of drug-likeness (QED) is 0.868. The van der Waals surface area contributed by atoms with Gasteiger partial charge in [-0.2, -0.15) is 0 Å². The van der Waals surface area contributed by atoms with E-state index in [-0.39, 0.29) is 5.56 Å². The topological polar surface area (TPSA) is 33.1 Å². The van der Waals surface area contributed by atoms with Crippen molar-refractivity contribution in [1.82, 2.24) is 4.98 Å². The Hall–Kier alpha value is -1.81. The zero-order valence-electron chi connectivity index (χ0n) is 9.19. The van der Waals surface area contributed by atoms with Crippen LogP contribution in [0, 0.1) is 18.6 Å². The minimum atomic E-state index is -1.19. The summed E-state index contributed by atoms with van der Waals surface area (Å²) in [6.07, 6.45) is 1.22. The van der Waals surface area contributed by atoms with Crippen LogP contribution in [0.1, 0.15) is 22.8 Å². The van der Waals surface area contributed by atoms with Gasteiger partial charge in [0.05, 0.1) is 6.20 Å². The molecule has 88 valence electrons. The van der Waals surface area contributed by atoms with E-state index in [4.69, 9.17) is 0 Å². The fraction of sp³-hybridized carbons (Fsp3) is 0.154. The Bertz CT molecular complexity index is 543. The lowest BCUT2D eigenvalue weighted by Gasteiger charge is -2.14. The SMILES string of the molecule is Cc1ccc(F)cc1C(O)c1ccncc1F. The Morgan fingerprint density at radius 3 is 2.65 bits per heavy atom. The summed E-state index contributed by atoms with van der Waals surface area (Å²) < 4.78 is 26.5. The van der Waals surface area contributed by atoms with Crippen molar-refractivity contribution in [3.63, 3.8) is 0 Å². The number of hydrogen-bond acceptors (Lipinski definition) is 2. The molecule has 0 radical (unpaired) electrons. The Kier molecular flexibility index (Phi) is 3.15. The third-order valence-corrected chi connectivity index (χ3v) is 2.63. The zero-order valence-corrected chi connectivity index (χ0v) is 9.19. The Labute approximate surface area is 97.6 Å². The molecule has 0 saturated carbocycles. The standard InChI is InChI=1S/C13H11F2NO/c1-8-2-3-9(14)6-11(8)13(17)10-4-5-16-7-12(10)15/h2-7,13,17H,1H3. The lowest BCUT2D eigenvalue weighted by atomic mass is 9.98. The van der Waals surface area contributed by atoms with Crippen LogP contribution in [0.5, 0.6) is 0 Å². The summed E-state index contributed by atoms with van der Waals surface area (Å²) in [6, 6.07) is 5.44. The minimum absolute atomic E-state index is 0.0914. The number of halogens is 2. The molecule has 4 heteroatoms. The molecule has 1 atom stereocenters. The minimum Gasteiger partial charge on any atom is -0.384 e. The van der Waals surface area contributed by atoms with E-state index in [1.165, 1.54) is 24.4 Å². The number of rotatable bonds is 2. The summed E-state index contributed by atoms with van der Waals surface area (Å²) in [6.45, 7) is 1.73. The first-order chi connectivity index (χ1) is 8.09. The number of pyridine rings is 1. The summed E-state index contributed by atoms with van der Waals surface area (Å²) in [5, 5.41) is 10.0. The van der Waals surface area contributed by atoms with Gasteiger partial charge in [0.1, 0.15) is 17.7 Å². The van der Waals surface area contributed by atoms with Gasteiger partial charge in [0.2, 0.25) is 0 Å². The molecule has 1 N–H and O–H groups in total. The Morgan fingerprint density at radius 1 is 1.18 bits per heavy atom. The number of benzene rings is 1. The molecule has 1 aromatic heterocycles. The molecule has 0 aliphatic heterocycles. The Morgan fingerprint density at radius 2 is 1.94 bits per heavy atom. The highest BCUT2D eigenvalue weighted by atomic mass is 19.1. The van der Waals surface area contributed by atoms with Crippen molar-refractivity contribution in [2.75, 3.05) is 0 Å². The van der Waals surface area contributed by atoms with E-state index >= 15 is 0 Å². The molecule has 2 aromatic rings. The maximum absolute atomic E-state index is 13.4. The molecule has 0 aliphatic carbocycles. The molecule has 0 saturated heterocycles. The molecule has 1 heterocycles. The van der Waals surface area contributed by atoms with Crippen LogP contribution in [0.2, 0.25) is 0 Å². The van der Waals surface area contributed by atoms with Gasteiger partial charge in [-0.15, -0.1) is 0 Å². The monoisotopic (exact) mass is 235 g/mol. The van der Waals surface area contributed by atoms with Gasteiger partial charge in [0, 0.05) is 11.8 Å². The average Bonchev–Trinajstić information content (AvgIpc) is 2.32. The lowest BCUT2D eigenvalue weighted by molar-refractivity contribution is 0.213. The molecule has 0 bridgehead atoms. The van der Waals surface area contributed by atoms with Gasteiger partial charge < -0.3 is 5.11 Å². The summed E-state index contributed by atoms with van der Waals surface area (Å²) in [7, 11) is 0. The normalized spacial score (nSPS) is 12.5. The van der Waals surface area contributed by atoms with E-state index in [9.17, 15) is 13.9 Å². The molecule has 1 unspecified atom stereocenters. The highest BCUT2D eigenvalue weighted by molar-refractivity contribution is 5.35. The van der Waals surface area contributed by atoms with E-state index in [1.54, 1.807) is 13.0 Å². The van der Waals surface area contributed by atoms with Gasteiger partial charge in [-0.05, 0) is 36.2 Å². The highest BCUT2D eigenvalue weighted by Crippen LogP contribution is 2.26. The van der Waals surface area contributed by atoms with Crippen LogP contribution < -0.4 is 0 Å². The molecule has 2 nitrogen and oxygen atoms in total. The molecule has 0 fully saturated rings. The largest absolute Gasteiger partial charge is 0.384 e. The third kappa shape index (κ3) is 2.31. The summed E-state index contributed by atoms with van der Waals surface area (Å²) in [4.78, 5) is 3.60. The van der Waals surface area contributed by atoms with Gasteiger partial charge in [-0.3, -0.25) is 4.98 Å². The molecule has 1 aromatic carbocycles. The first kappa shape index (κ1) is 11.7. The van der Waals surface area contributed by atoms with Gasteiger partial charge in [0.25, 0.3) is 0 Å². The number of aliphatic hydroxyl groups excluding tert-OH is 1. The number of aliphatic hydroxyl groups is 1. The molecular formula is C13H11F2NO. The second-order valence-electron chi connectivity index (χ2n) is 3.80. The maximum atomic E-state index is 13.4. The maximum Gasteiger partial charge on any atom is 0.147 e. The van der Waals surface area contributed by atoms with Crippen molar-refractivity contribution < 1.29 is 13.9 Å². The van der Waals surface area contributed by atoms with Crippen LogP contribution in [-0.2, 0) is 0 Å². The second kappa shape index (κ2) is 4.59. The first-order valence-electron chi connectivity index (χ1n) is 5.13. The predicted molar refractivity (Wildman–Crippen MR) is 59.4 cm³/mol. The third-order valence-electron chi connectivity index (χ3n) is 2.63. The first-order valence-corrected chi connectivity index (χ1v) is 5.13. The van der Waals surface area contributed by atoms with Crippen LogP contribution >= 0.6 is 0 Å². The van der Waals surface area contributed by atoms with Crippen LogP contribution in [0.25, 0.3) is 0 Å². The number of aromatic nitrogens is 1. The Balaban J connectivity index is 2.47. The van der Waals surface area contributed by atoms with Crippen molar-refractivity contribution in [2.45, 2.75) is 13.0 Å². The van der Waals surface area contributed by atoms with Crippen LogP contribution in [0.15, 0.2) is 36.7 Å². The van der Waals surface area contributed by atoms with Crippen molar-refractivity contribution >= 4 is 0 Å². The van der Waals surface area contributed by atoms with Crippen molar-refractivity contribution in [2.24, 2.45) is 0 Å². The van der Waals surface area contributed by atoms with E-state index in [1.807, 2.05) is 0 Å². The fourth-order valence-electron chi connectivity index (χ4n) is 1.68. The van der Waals surface area contributed by atoms with Gasteiger partial charge in [0.15, 0.2) is 0 Å². The summed E-state index contributed by atoms with van der Waals surface area (Å²) >= 11 is 0. The van der Waals surface area contributed by atoms with E-state index in [2.05, 4.69) is 4.98 Å². The van der Waals surface area contributed by atoms with Crippen molar-refractivity contribution in [3.05, 3.63) is 65.0 Å². The van der Waals surface area contributed by atoms with Gasteiger partial charge in [-0.1, -0.05) is 6.07 Å². The molecule has 0 amide bonds. The fourth-order valence-corrected chi connectivity index (χ4v) is 1.68. The van der Waals surface area contributed by atoms with Crippen LogP contribution in [-0.4, -0.2) is 10.1 Å². The zero-order chi connectivity index (χ0) is 12.4. The smallest absolute Gasteiger partial charge is 0.147 e. The van der Waals surface area contributed by atoms with Gasteiger partial charge in [-0.25, -0.2) is 8.78 Å². The van der Waals surface area contributed by atoms with Crippen LogP contribution in [0.4, 0.5) is 8.78 Å². The predicted octanol–water partition coefficient (Wildman–Crippen LogP) is 2.75. The second-order valence-corrected chi connectivity index (χ2v) is 3.80. The average molecular weight is 235 g/mol. The molecule has 0 spiro atoms. The summed E-state index contributed by atoms with van der Waals surface area (Å²) in [5.74, 6) is -1.07. The van der Waals surface area contributed by atoms with Crippen LogP contribution in [0.3, 0.4) is 0 Å². The van der Waals surface area contributed by atoms with E-state index in [0.29, 0.717) is 11.1 Å². The van der Waals surface area contributed by atoms with E-state index in [0.717, 1.165) is 6.20 Å². The number of aryl methyl sites for hydroxylation is 1. The van der Waals surface area contributed by atoms with Crippen molar-refractivity contribution in [1.29, 1.82) is 0 Å². The molecular weight excluding hydrogens is 224 g/mol. The van der Waals surface area contributed by atoms with Gasteiger partial charge >= 0.3 is 0 Å².